The molecule has 0 fully saturated rings. The molecule has 0 aliphatic carbocycles. The summed E-state index contributed by atoms with van der Waals surface area (Å²) in [5.74, 6) is 5.91. The third-order valence-corrected chi connectivity index (χ3v) is 2.19. The molecule has 3 nitrogen and oxygen atoms in total. The van der Waals surface area contributed by atoms with Crippen LogP contribution in [0.3, 0.4) is 0 Å². The number of nitrogens with one attached hydrogen (secondary N) is 1. The number of rotatable bonds is 6. The zero-order valence-corrected chi connectivity index (χ0v) is 10.3. The van der Waals surface area contributed by atoms with E-state index in [0.717, 1.165) is 0 Å². The first-order chi connectivity index (χ1) is 8.69. The second-order valence-electron chi connectivity index (χ2n) is 3.36. The Kier molecular flexibility index (Phi) is 5.95. The Labute approximate surface area is 105 Å². The van der Waals surface area contributed by atoms with Crippen LogP contribution in [0.2, 0.25) is 0 Å². The molecular weight excluding hydrogens is 240 g/mol. The summed E-state index contributed by atoms with van der Waals surface area (Å²) in [5, 5.41) is 3.01. The van der Waals surface area contributed by atoms with Gasteiger partial charge >= 0.3 is 6.61 Å². The molecule has 98 valence electrons. The Morgan fingerprint density at radius 2 is 2.17 bits per heavy atom. The van der Waals surface area contributed by atoms with Gasteiger partial charge < -0.3 is 14.8 Å². The zero-order chi connectivity index (χ0) is 13.4. The van der Waals surface area contributed by atoms with Crippen molar-refractivity contribution < 1.29 is 18.3 Å². The summed E-state index contributed by atoms with van der Waals surface area (Å²) in [6.45, 7) is -0.274. The Hall–Kier alpha value is -1.80. The van der Waals surface area contributed by atoms with Gasteiger partial charge in [0.1, 0.15) is 0 Å². The van der Waals surface area contributed by atoms with Crippen LogP contribution >= 0.6 is 0 Å². The maximum Gasteiger partial charge on any atom is 0.387 e. The lowest BCUT2D eigenvalue weighted by Gasteiger charge is -2.14. The molecule has 1 aromatic carbocycles. The van der Waals surface area contributed by atoms with Crippen LogP contribution in [0.4, 0.5) is 8.78 Å². The summed E-state index contributed by atoms with van der Waals surface area (Å²) in [5.41, 5.74) is 0.604. The molecule has 0 heterocycles. The number of hydrogen-bond acceptors (Lipinski definition) is 3. The largest absolute Gasteiger partial charge is 0.493 e. The number of ether oxygens (including phenoxy) is 2. The van der Waals surface area contributed by atoms with Gasteiger partial charge in [0.2, 0.25) is 0 Å². The van der Waals surface area contributed by atoms with Crippen molar-refractivity contribution in [3.05, 3.63) is 23.8 Å². The first kappa shape index (κ1) is 14.3. The quantitative estimate of drug-likeness (QED) is 0.625. The van der Waals surface area contributed by atoms with Gasteiger partial charge in [-0.3, -0.25) is 0 Å². The second-order valence-corrected chi connectivity index (χ2v) is 3.36. The molecule has 0 saturated heterocycles. The van der Waals surface area contributed by atoms with E-state index in [1.54, 1.807) is 25.1 Å². The Morgan fingerprint density at radius 1 is 1.39 bits per heavy atom. The van der Waals surface area contributed by atoms with E-state index in [2.05, 4.69) is 21.9 Å². The van der Waals surface area contributed by atoms with Gasteiger partial charge in [-0.2, -0.15) is 8.78 Å². The predicted molar refractivity (Wildman–Crippen MR) is 64.8 cm³/mol. The molecule has 18 heavy (non-hydrogen) atoms. The van der Waals surface area contributed by atoms with Crippen molar-refractivity contribution in [2.45, 2.75) is 20.1 Å². The fourth-order valence-corrected chi connectivity index (χ4v) is 1.43. The van der Waals surface area contributed by atoms with Gasteiger partial charge in [0, 0.05) is 12.1 Å². The van der Waals surface area contributed by atoms with Gasteiger partial charge in [0.25, 0.3) is 0 Å². The van der Waals surface area contributed by atoms with Gasteiger partial charge in [-0.25, -0.2) is 0 Å². The first-order valence-electron chi connectivity index (χ1n) is 5.40. The van der Waals surface area contributed by atoms with E-state index in [0.29, 0.717) is 18.7 Å². The highest BCUT2D eigenvalue weighted by atomic mass is 19.3. The average Bonchev–Trinajstić information content (AvgIpc) is 2.35. The standard InChI is InChI=1S/C13H15F2NO2/c1-3-4-8-16-9-10-6-5-7-11(17-2)12(10)18-13(14)15/h5-7,13,16H,8-9H2,1-2H3. The van der Waals surface area contributed by atoms with Crippen molar-refractivity contribution >= 4 is 0 Å². The minimum atomic E-state index is -2.88. The fourth-order valence-electron chi connectivity index (χ4n) is 1.43. The van der Waals surface area contributed by atoms with Crippen LogP contribution in [0.1, 0.15) is 12.5 Å². The predicted octanol–water partition coefficient (Wildman–Crippen LogP) is 2.41. The molecule has 0 aliphatic heterocycles. The minimum absolute atomic E-state index is 0.0620. The number of halogens is 2. The lowest BCUT2D eigenvalue weighted by atomic mass is 10.2. The molecule has 1 rings (SSSR count). The molecule has 0 amide bonds. The van der Waals surface area contributed by atoms with Gasteiger partial charge in [-0.05, 0) is 13.0 Å². The van der Waals surface area contributed by atoms with E-state index in [1.807, 2.05) is 0 Å². The summed E-state index contributed by atoms with van der Waals surface area (Å²) >= 11 is 0. The van der Waals surface area contributed by atoms with Gasteiger partial charge in [0.05, 0.1) is 13.7 Å². The van der Waals surface area contributed by atoms with Crippen molar-refractivity contribution in [1.29, 1.82) is 0 Å². The third kappa shape index (κ3) is 4.22. The lowest BCUT2D eigenvalue weighted by molar-refractivity contribution is -0.0518. The normalized spacial score (nSPS) is 9.83. The minimum Gasteiger partial charge on any atom is -0.493 e. The smallest absolute Gasteiger partial charge is 0.387 e. The summed E-state index contributed by atoms with van der Waals surface area (Å²) in [4.78, 5) is 0. The summed E-state index contributed by atoms with van der Waals surface area (Å²) in [7, 11) is 1.41. The number of para-hydroxylation sites is 1. The lowest BCUT2D eigenvalue weighted by Crippen LogP contribution is -2.15. The monoisotopic (exact) mass is 255 g/mol. The molecule has 0 aromatic heterocycles. The maximum atomic E-state index is 12.3. The maximum absolute atomic E-state index is 12.3. The number of hydrogen-bond donors (Lipinski definition) is 1. The molecule has 5 heteroatoms. The molecule has 0 saturated carbocycles. The van der Waals surface area contributed by atoms with E-state index in [4.69, 9.17) is 4.74 Å². The van der Waals surface area contributed by atoms with Crippen molar-refractivity contribution in [2.75, 3.05) is 13.7 Å². The molecule has 0 unspecified atom stereocenters. The van der Waals surface area contributed by atoms with E-state index in [-0.39, 0.29) is 11.5 Å². The van der Waals surface area contributed by atoms with Crippen molar-refractivity contribution in [2.24, 2.45) is 0 Å². The van der Waals surface area contributed by atoms with Crippen molar-refractivity contribution in [3.63, 3.8) is 0 Å². The van der Waals surface area contributed by atoms with Crippen LogP contribution in [0.25, 0.3) is 0 Å². The molecule has 0 atom stereocenters. The molecule has 0 bridgehead atoms. The summed E-state index contributed by atoms with van der Waals surface area (Å²) in [6, 6.07) is 5.00. The van der Waals surface area contributed by atoms with Crippen molar-refractivity contribution in [3.8, 4) is 23.3 Å². The van der Waals surface area contributed by atoms with E-state index in [1.165, 1.54) is 7.11 Å². The van der Waals surface area contributed by atoms with E-state index < -0.39 is 6.61 Å². The highest BCUT2D eigenvalue weighted by Gasteiger charge is 2.14. The van der Waals surface area contributed by atoms with Crippen LogP contribution in [-0.2, 0) is 6.54 Å². The van der Waals surface area contributed by atoms with Crippen LogP contribution < -0.4 is 14.8 Å². The van der Waals surface area contributed by atoms with Gasteiger partial charge in [-0.15, -0.1) is 5.92 Å². The van der Waals surface area contributed by atoms with Crippen LogP contribution in [0.5, 0.6) is 11.5 Å². The molecule has 1 aromatic rings. The highest BCUT2D eigenvalue weighted by molar-refractivity contribution is 5.46. The Morgan fingerprint density at radius 3 is 2.78 bits per heavy atom. The summed E-state index contributed by atoms with van der Waals surface area (Å²) in [6.07, 6.45) is 0. The molecule has 0 aliphatic rings. The van der Waals surface area contributed by atoms with Crippen molar-refractivity contribution in [1.82, 2.24) is 5.32 Å². The topological polar surface area (TPSA) is 30.5 Å². The van der Waals surface area contributed by atoms with Gasteiger partial charge in [0.15, 0.2) is 11.5 Å². The van der Waals surface area contributed by atoms with E-state index >= 15 is 0 Å². The van der Waals surface area contributed by atoms with Crippen LogP contribution in [-0.4, -0.2) is 20.3 Å². The highest BCUT2D eigenvalue weighted by Crippen LogP contribution is 2.32. The number of alkyl halides is 2. The zero-order valence-electron chi connectivity index (χ0n) is 10.3. The SMILES string of the molecule is CC#CCNCc1cccc(OC)c1OC(F)F. The number of benzene rings is 1. The number of methoxy groups -OCH3 is 1. The fraction of sp³-hybridized carbons (Fsp3) is 0.385. The third-order valence-electron chi connectivity index (χ3n) is 2.19. The Bertz CT molecular complexity index is 438. The van der Waals surface area contributed by atoms with Gasteiger partial charge in [-0.1, -0.05) is 18.1 Å². The second kappa shape index (κ2) is 7.51. The van der Waals surface area contributed by atoms with Crippen LogP contribution in [0.15, 0.2) is 18.2 Å². The molecule has 0 radical (unpaired) electrons. The average molecular weight is 255 g/mol. The molecular formula is C13H15F2NO2. The summed E-state index contributed by atoms with van der Waals surface area (Å²) < 4.78 is 34.2. The van der Waals surface area contributed by atoms with Crippen LogP contribution in [0, 0.1) is 11.8 Å². The molecule has 0 spiro atoms. The first-order valence-corrected chi connectivity index (χ1v) is 5.40. The van der Waals surface area contributed by atoms with E-state index in [9.17, 15) is 8.78 Å². The Balaban J connectivity index is 2.83. The molecule has 1 N–H and O–H groups in total.